The van der Waals surface area contributed by atoms with Gasteiger partial charge in [0.25, 0.3) is 5.69 Å². The van der Waals surface area contributed by atoms with Crippen molar-refractivity contribution >= 4 is 11.5 Å². The Labute approximate surface area is 97.3 Å². The smallest absolute Gasteiger partial charge is 0.269 e. The molecule has 2 unspecified atom stereocenters. The van der Waals surface area contributed by atoms with E-state index in [0.717, 1.165) is 0 Å². The van der Waals surface area contributed by atoms with Gasteiger partial charge >= 0.3 is 0 Å². The van der Waals surface area contributed by atoms with Gasteiger partial charge in [0.15, 0.2) is 11.9 Å². The standard InChI is InChI=1S/C11H11NO5/c1-16-11-9(13)6-10(11)17-8-4-2-7(3-5-8)12(14)15/h2-5,10-11H,6H2,1H3. The highest BCUT2D eigenvalue weighted by Gasteiger charge is 2.41. The SMILES string of the molecule is COC1C(=O)CC1Oc1ccc([N+](=O)[O-])cc1. The van der Waals surface area contributed by atoms with Gasteiger partial charge in [-0.05, 0) is 12.1 Å². The lowest BCUT2D eigenvalue weighted by atomic mass is 9.90. The predicted octanol–water partition coefficient (Wildman–Crippen LogP) is 1.33. The van der Waals surface area contributed by atoms with Crippen LogP contribution in [0.1, 0.15) is 6.42 Å². The number of nitro benzene ring substituents is 1. The lowest BCUT2D eigenvalue weighted by molar-refractivity contribution is -0.384. The van der Waals surface area contributed by atoms with Crippen LogP contribution >= 0.6 is 0 Å². The van der Waals surface area contributed by atoms with Crippen molar-refractivity contribution in [1.29, 1.82) is 0 Å². The first kappa shape index (κ1) is 11.5. The molecule has 0 aliphatic heterocycles. The van der Waals surface area contributed by atoms with Crippen molar-refractivity contribution in [2.24, 2.45) is 0 Å². The maximum Gasteiger partial charge on any atom is 0.269 e. The van der Waals surface area contributed by atoms with Gasteiger partial charge in [-0.2, -0.15) is 0 Å². The second-order valence-electron chi connectivity index (χ2n) is 3.73. The zero-order chi connectivity index (χ0) is 12.4. The molecule has 1 aromatic rings. The van der Waals surface area contributed by atoms with Crippen LogP contribution in [0.2, 0.25) is 0 Å². The Morgan fingerprint density at radius 3 is 2.47 bits per heavy atom. The number of rotatable bonds is 4. The Morgan fingerprint density at radius 1 is 1.35 bits per heavy atom. The van der Waals surface area contributed by atoms with Crippen LogP contribution in [-0.4, -0.2) is 30.0 Å². The quantitative estimate of drug-likeness (QED) is 0.583. The van der Waals surface area contributed by atoms with Crippen LogP contribution in [0.3, 0.4) is 0 Å². The maximum absolute atomic E-state index is 11.1. The number of hydrogen-bond donors (Lipinski definition) is 0. The number of benzene rings is 1. The first-order valence-electron chi connectivity index (χ1n) is 5.08. The molecule has 0 saturated heterocycles. The Morgan fingerprint density at radius 2 is 2.00 bits per heavy atom. The number of methoxy groups -OCH3 is 1. The van der Waals surface area contributed by atoms with Crippen LogP contribution in [0, 0.1) is 10.1 Å². The van der Waals surface area contributed by atoms with Crippen molar-refractivity contribution in [1.82, 2.24) is 0 Å². The molecule has 6 heteroatoms. The Kier molecular flexibility index (Phi) is 3.06. The summed E-state index contributed by atoms with van der Waals surface area (Å²) in [4.78, 5) is 21.1. The molecule has 0 aromatic heterocycles. The summed E-state index contributed by atoms with van der Waals surface area (Å²) in [5.41, 5.74) is 0.00493. The number of non-ortho nitro benzene ring substituents is 1. The molecule has 6 nitrogen and oxygen atoms in total. The Hall–Kier alpha value is -1.95. The highest BCUT2D eigenvalue weighted by Crippen LogP contribution is 2.26. The number of ether oxygens (including phenoxy) is 2. The number of ketones is 1. The molecular formula is C11H11NO5. The molecule has 0 spiro atoms. The first-order chi connectivity index (χ1) is 8.11. The van der Waals surface area contributed by atoms with Gasteiger partial charge in [0.1, 0.15) is 11.9 Å². The van der Waals surface area contributed by atoms with Crippen LogP contribution in [0.25, 0.3) is 0 Å². The average Bonchev–Trinajstić information content (AvgIpc) is 2.29. The van der Waals surface area contributed by atoms with E-state index in [0.29, 0.717) is 12.2 Å². The second-order valence-corrected chi connectivity index (χ2v) is 3.73. The van der Waals surface area contributed by atoms with E-state index < -0.39 is 11.0 Å². The van der Waals surface area contributed by atoms with E-state index >= 15 is 0 Å². The molecule has 0 heterocycles. The predicted molar refractivity (Wildman–Crippen MR) is 57.9 cm³/mol. The van der Waals surface area contributed by atoms with E-state index in [4.69, 9.17) is 9.47 Å². The summed E-state index contributed by atoms with van der Waals surface area (Å²) in [5, 5.41) is 10.4. The molecule has 1 aromatic carbocycles. The van der Waals surface area contributed by atoms with E-state index in [2.05, 4.69) is 0 Å². The lowest BCUT2D eigenvalue weighted by Gasteiger charge is -2.33. The largest absolute Gasteiger partial charge is 0.487 e. The third-order valence-electron chi connectivity index (χ3n) is 2.65. The van der Waals surface area contributed by atoms with Gasteiger partial charge < -0.3 is 9.47 Å². The van der Waals surface area contributed by atoms with Crippen molar-refractivity contribution in [2.45, 2.75) is 18.6 Å². The minimum atomic E-state index is -0.523. The average molecular weight is 237 g/mol. The summed E-state index contributed by atoms with van der Waals surface area (Å²) in [5.74, 6) is 0.509. The van der Waals surface area contributed by atoms with Crippen molar-refractivity contribution in [3.05, 3.63) is 34.4 Å². The molecule has 1 aliphatic rings. The van der Waals surface area contributed by atoms with Crippen molar-refractivity contribution in [2.75, 3.05) is 7.11 Å². The molecule has 0 N–H and O–H groups in total. The van der Waals surface area contributed by atoms with Gasteiger partial charge in [0.2, 0.25) is 0 Å². The fourth-order valence-corrected chi connectivity index (χ4v) is 1.68. The van der Waals surface area contributed by atoms with Crippen LogP contribution in [-0.2, 0) is 9.53 Å². The molecule has 0 amide bonds. The zero-order valence-electron chi connectivity index (χ0n) is 9.16. The zero-order valence-corrected chi connectivity index (χ0v) is 9.16. The summed E-state index contributed by atoms with van der Waals surface area (Å²) < 4.78 is 10.5. The third kappa shape index (κ3) is 2.26. The van der Waals surface area contributed by atoms with Gasteiger partial charge in [0, 0.05) is 25.7 Å². The summed E-state index contributed by atoms with van der Waals surface area (Å²) in [6.45, 7) is 0. The molecule has 2 rings (SSSR count). The first-order valence-corrected chi connectivity index (χ1v) is 5.08. The van der Waals surface area contributed by atoms with Crippen LogP contribution in [0.4, 0.5) is 5.69 Å². The van der Waals surface area contributed by atoms with Crippen LogP contribution < -0.4 is 4.74 Å². The Bertz CT molecular complexity index is 442. The van der Waals surface area contributed by atoms with Gasteiger partial charge in [-0.1, -0.05) is 0 Å². The topological polar surface area (TPSA) is 78.7 Å². The summed E-state index contributed by atoms with van der Waals surface area (Å²) in [7, 11) is 1.45. The van der Waals surface area contributed by atoms with Gasteiger partial charge in [-0.3, -0.25) is 14.9 Å². The monoisotopic (exact) mass is 237 g/mol. The van der Waals surface area contributed by atoms with E-state index in [1.165, 1.54) is 31.4 Å². The maximum atomic E-state index is 11.1. The van der Waals surface area contributed by atoms with Crippen molar-refractivity contribution in [3.63, 3.8) is 0 Å². The molecule has 17 heavy (non-hydrogen) atoms. The molecule has 1 saturated carbocycles. The highest BCUT2D eigenvalue weighted by atomic mass is 16.6. The highest BCUT2D eigenvalue weighted by molar-refractivity contribution is 5.90. The minimum Gasteiger partial charge on any atom is -0.487 e. The van der Waals surface area contributed by atoms with E-state index in [9.17, 15) is 14.9 Å². The molecule has 1 aliphatic carbocycles. The molecular weight excluding hydrogens is 226 g/mol. The molecule has 0 bridgehead atoms. The fraction of sp³-hybridized carbons (Fsp3) is 0.364. The van der Waals surface area contributed by atoms with E-state index in [-0.39, 0.29) is 17.6 Å². The van der Waals surface area contributed by atoms with Gasteiger partial charge in [-0.25, -0.2) is 0 Å². The van der Waals surface area contributed by atoms with Crippen molar-refractivity contribution < 1.29 is 19.2 Å². The number of carbonyl (C=O) groups is 1. The normalized spacial score (nSPS) is 23.0. The number of nitro groups is 1. The fourth-order valence-electron chi connectivity index (χ4n) is 1.68. The lowest BCUT2D eigenvalue weighted by Crippen LogP contribution is -2.51. The van der Waals surface area contributed by atoms with E-state index in [1.807, 2.05) is 0 Å². The summed E-state index contributed by atoms with van der Waals surface area (Å²) >= 11 is 0. The van der Waals surface area contributed by atoms with Crippen molar-refractivity contribution in [3.8, 4) is 5.75 Å². The van der Waals surface area contributed by atoms with Gasteiger partial charge in [0.05, 0.1) is 4.92 Å². The second kappa shape index (κ2) is 4.50. The number of nitrogens with zero attached hydrogens (tertiary/aromatic N) is 1. The third-order valence-corrected chi connectivity index (χ3v) is 2.65. The number of carbonyl (C=O) groups excluding carboxylic acids is 1. The Balaban J connectivity index is 2.00. The van der Waals surface area contributed by atoms with Crippen LogP contribution in [0.15, 0.2) is 24.3 Å². The summed E-state index contributed by atoms with van der Waals surface area (Å²) in [6.07, 6.45) is -0.505. The summed E-state index contributed by atoms with van der Waals surface area (Å²) in [6, 6.07) is 5.73. The number of hydrogen-bond acceptors (Lipinski definition) is 5. The van der Waals surface area contributed by atoms with Gasteiger partial charge in [-0.15, -0.1) is 0 Å². The number of Topliss-reactive ketones (excluding diaryl/α,β-unsaturated/α-hetero) is 1. The molecule has 0 radical (unpaired) electrons. The van der Waals surface area contributed by atoms with Crippen LogP contribution in [0.5, 0.6) is 5.75 Å². The minimum absolute atomic E-state index is 0.00493. The molecule has 90 valence electrons. The van der Waals surface area contributed by atoms with E-state index in [1.54, 1.807) is 0 Å². The molecule has 1 fully saturated rings. The molecule has 2 atom stereocenters.